The van der Waals surface area contributed by atoms with Crippen LogP contribution in [0.3, 0.4) is 0 Å². The highest BCUT2D eigenvalue weighted by Gasteiger charge is 2.45. The summed E-state index contributed by atoms with van der Waals surface area (Å²) in [5, 5.41) is -4.41. The lowest BCUT2D eigenvalue weighted by Crippen LogP contribution is -2.34. The monoisotopic (exact) mass is 579 g/mol. The molecule has 0 aliphatic carbocycles. The molecule has 210 valence electrons. The summed E-state index contributed by atoms with van der Waals surface area (Å²) in [6, 6.07) is 23.1. The van der Waals surface area contributed by atoms with Crippen LogP contribution in [0, 0.1) is 0 Å². The summed E-state index contributed by atoms with van der Waals surface area (Å²) in [5.74, 6) is -0.740. The first-order valence-electron chi connectivity index (χ1n) is 12.5. The van der Waals surface area contributed by atoms with Crippen molar-refractivity contribution in [2.24, 2.45) is 0 Å². The molecule has 3 aromatic rings. The van der Waals surface area contributed by atoms with E-state index in [4.69, 9.17) is 18.8 Å². The van der Waals surface area contributed by atoms with Gasteiger partial charge in [-0.25, -0.2) is 0 Å². The fraction of sp³-hybridized carbons (Fsp3) is 0.379. The van der Waals surface area contributed by atoms with E-state index in [0.717, 1.165) is 26.7 Å². The molecule has 1 saturated heterocycles. The average molecular weight is 580 g/mol. The van der Waals surface area contributed by atoms with Gasteiger partial charge in [-0.05, 0) is 85.0 Å². The second-order valence-corrected chi connectivity index (χ2v) is 14.0. The van der Waals surface area contributed by atoms with E-state index in [0.29, 0.717) is 13.2 Å². The van der Waals surface area contributed by atoms with Gasteiger partial charge >= 0.3 is 15.4 Å². The van der Waals surface area contributed by atoms with Crippen molar-refractivity contribution in [3.63, 3.8) is 0 Å². The van der Waals surface area contributed by atoms with Crippen molar-refractivity contribution in [2.45, 2.75) is 65.3 Å². The van der Waals surface area contributed by atoms with Gasteiger partial charge in [-0.2, -0.15) is 17.2 Å². The summed E-state index contributed by atoms with van der Waals surface area (Å²) in [4.78, 5) is 3.02. The molecule has 6 nitrogen and oxygen atoms in total. The van der Waals surface area contributed by atoms with Crippen molar-refractivity contribution in [3.8, 4) is 5.75 Å². The second kappa shape index (κ2) is 11.2. The molecule has 1 aliphatic rings. The molecule has 1 aliphatic heterocycles. The summed E-state index contributed by atoms with van der Waals surface area (Å²) in [6.07, 6.45) is 0.856. The number of ether oxygens (including phenoxy) is 3. The SMILES string of the molecule is CC(C)(C)c1ccc([S+](c2ccc(OCC(F)(F)S(=O)(=O)O)cc2)c2ccc(C3(C)OCCCO3)cc2)cc1. The quantitative estimate of drug-likeness (QED) is 0.241. The fourth-order valence-corrected chi connectivity index (χ4v) is 6.36. The Morgan fingerprint density at radius 2 is 1.33 bits per heavy atom. The molecule has 1 N–H and O–H groups in total. The zero-order valence-electron chi connectivity index (χ0n) is 22.3. The predicted molar refractivity (Wildman–Crippen MR) is 146 cm³/mol. The van der Waals surface area contributed by atoms with E-state index in [1.165, 1.54) is 17.7 Å². The van der Waals surface area contributed by atoms with Gasteiger partial charge in [-0.1, -0.05) is 32.9 Å². The minimum atomic E-state index is -5.57. The lowest BCUT2D eigenvalue weighted by molar-refractivity contribution is -0.264. The number of benzene rings is 3. The molecule has 10 heteroatoms. The van der Waals surface area contributed by atoms with Crippen molar-refractivity contribution in [3.05, 3.63) is 83.9 Å². The molecule has 0 radical (unpaired) electrons. The topological polar surface area (TPSA) is 82.1 Å². The average Bonchev–Trinajstić information content (AvgIpc) is 2.88. The van der Waals surface area contributed by atoms with Gasteiger partial charge in [0.2, 0.25) is 0 Å². The minimum absolute atomic E-state index is 0.00265. The Bertz CT molecular complexity index is 1360. The van der Waals surface area contributed by atoms with Crippen LogP contribution in [0.15, 0.2) is 87.5 Å². The normalized spacial score (nSPS) is 17.0. The van der Waals surface area contributed by atoms with Crippen molar-refractivity contribution in [2.75, 3.05) is 19.8 Å². The summed E-state index contributed by atoms with van der Waals surface area (Å²) in [7, 11) is -6.11. The van der Waals surface area contributed by atoms with Crippen LogP contribution in [0.5, 0.6) is 5.75 Å². The molecule has 0 spiro atoms. The highest BCUT2D eigenvalue weighted by molar-refractivity contribution is 7.97. The van der Waals surface area contributed by atoms with E-state index < -0.39 is 38.7 Å². The summed E-state index contributed by atoms with van der Waals surface area (Å²) >= 11 is 0. The Balaban J connectivity index is 1.65. The molecule has 1 unspecified atom stereocenters. The molecule has 0 amide bonds. The van der Waals surface area contributed by atoms with Gasteiger partial charge in [0, 0.05) is 5.56 Å². The standard InChI is InChI=1S/C29H32F2O6S2/c1-27(2,3)21-6-12-24(13-7-21)38(25-14-8-22(9-15-25)28(4)36-18-5-19-37-28)26-16-10-23(11-17-26)35-20-29(30,31)39(32,33)34/h6-17H,5,18-20H2,1-4H3/p+1. The molecule has 1 atom stereocenters. The van der Waals surface area contributed by atoms with E-state index in [1.54, 1.807) is 12.1 Å². The Morgan fingerprint density at radius 1 is 0.872 bits per heavy atom. The largest absolute Gasteiger partial charge is 0.486 e. The number of rotatable bonds is 8. The van der Waals surface area contributed by atoms with E-state index in [1.807, 2.05) is 31.2 Å². The van der Waals surface area contributed by atoms with Crippen molar-refractivity contribution >= 4 is 21.0 Å². The zero-order valence-corrected chi connectivity index (χ0v) is 24.0. The molecule has 1 fully saturated rings. The van der Waals surface area contributed by atoms with E-state index in [2.05, 4.69) is 45.0 Å². The van der Waals surface area contributed by atoms with Crippen molar-refractivity contribution in [1.82, 2.24) is 0 Å². The maximum absolute atomic E-state index is 13.6. The van der Waals surface area contributed by atoms with Crippen LogP contribution in [0.25, 0.3) is 0 Å². The summed E-state index contributed by atoms with van der Waals surface area (Å²) < 4.78 is 74.4. The van der Waals surface area contributed by atoms with Crippen LogP contribution in [-0.4, -0.2) is 38.0 Å². The first kappa shape index (κ1) is 29.5. The first-order valence-corrected chi connectivity index (χ1v) is 15.2. The molecule has 39 heavy (non-hydrogen) atoms. The molecular formula is C29H33F2O6S2+. The minimum Gasteiger partial charge on any atom is -0.486 e. The highest BCUT2D eigenvalue weighted by atomic mass is 32.2. The third-order valence-corrected chi connectivity index (χ3v) is 9.56. The van der Waals surface area contributed by atoms with Gasteiger partial charge in [0.05, 0.1) is 24.1 Å². The molecule has 1 heterocycles. The molecule has 3 aromatic carbocycles. The van der Waals surface area contributed by atoms with Crippen LogP contribution in [-0.2, 0) is 41.7 Å². The Labute approximate surface area is 231 Å². The van der Waals surface area contributed by atoms with Crippen LogP contribution in [0.4, 0.5) is 8.78 Å². The molecule has 0 aromatic heterocycles. The summed E-state index contributed by atoms with van der Waals surface area (Å²) in [5.41, 5.74) is 2.12. The zero-order chi connectivity index (χ0) is 28.5. The van der Waals surface area contributed by atoms with Crippen molar-refractivity contribution < 1.29 is 36.0 Å². The number of halogens is 2. The summed E-state index contributed by atoms with van der Waals surface area (Å²) in [6.45, 7) is 8.15. The van der Waals surface area contributed by atoms with E-state index in [9.17, 15) is 17.2 Å². The number of hydrogen-bond acceptors (Lipinski definition) is 5. The van der Waals surface area contributed by atoms with E-state index >= 15 is 0 Å². The smallest absolute Gasteiger partial charge is 0.402 e. The van der Waals surface area contributed by atoms with Crippen LogP contribution >= 0.6 is 0 Å². The van der Waals surface area contributed by atoms with Gasteiger partial charge in [-0.3, -0.25) is 4.55 Å². The molecule has 0 saturated carbocycles. The van der Waals surface area contributed by atoms with Gasteiger partial charge in [0.25, 0.3) is 0 Å². The number of alkyl halides is 2. The van der Waals surface area contributed by atoms with Gasteiger partial charge in [0.15, 0.2) is 27.1 Å². The molecule has 0 bridgehead atoms. The lowest BCUT2D eigenvalue weighted by Gasteiger charge is -2.34. The maximum atomic E-state index is 13.6. The highest BCUT2D eigenvalue weighted by Crippen LogP contribution is 2.36. The van der Waals surface area contributed by atoms with Crippen molar-refractivity contribution in [1.29, 1.82) is 0 Å². The van der Waals surface area contributed by atoms with Crippen LogP contribution < -0.4 is 4.74 Å². The lowest BCUT2D eigenvalue weighted by atomic mass is 9.87. The Morgan fingerprint density at radius 3 is 1.79 bits per heavy atom. The van der Waals surface area contributed by atoms with Gasteiger partial charge in [0.1, 0.15) is 5.75 Å². The molecular weight excluding hydrogens is 546 g/mol. The number of hydrogen-bond donors (Lipinski definition) is 1. The van der Waals surface area contributed by atoms with Gasteiger partial charge < -0.3 is 14.2 Å². The van der Waals surface area contributed by atoms with Gasteiger partial charge in [-0.15, -0.1) is 0 Å². The third-order valence-electron chi connectivity index (χ3n) is 6.46. The fourth-order valence-electron chi connectivity index (χ4n) is 4.11. The Kier molecular flexibility index (Phi) is 8.45. The first-order chi connectivity index (χ1) is 18.2. The van der Waals surface area contributed by atoms with Crippen LogP contribution in [0.1, 0.15) is 45.2 Å². The third kappa shape index (κ3) is 6.81. The predicted octanol–water partition coefficient (Wildman–Crippen LogP) is 6.55. The second-order valence-electron chi connectivity index (χ2n) is 10.5. The van der Waals surface area contributed by atoms with E-state index in [-0.39, 0.29) is 11.2 Å². The maximum Gasteiger partial charge on any atom is 0.402 e. The molecule has 4 rings (SSSR count). The Hall–Kier alpha value is -2.50. The van der Waals surface area contributed by atoms with Crippen LogP contribution in [0.2, 0.25) is 0 Å².